The molecule has 7 nitrogen and oxygen atoms in total. The number of carbonyl (C=O) groups is 1. The van der Waals surface area contributed by atoms with Gasteiger partial charge in [0.05, 0.1) is 39.5 Å². The van der Waals surface area contributed by atoms with Crippen LogP contribution in [0.15, 0.2) is 109 Å². The average molecular weight is 763 g/mol. The smallest absolute Gasteiger partial charge is 0.338 e. The van der Waals surface area contributed by atoms with E-state index in [2.05, 4.69) is 56.1 Å². The summed E-state index contributed by atoms with van der Waals surface area (Å²) in [5.41, 5.74) is 3.08. The summed E-state index contributed by atoms with van der Waals surface area (Å²) in [6, 6.07) is 24.9. The maximum Gasteiger partial charge on any atom is 0.338 e. The second-order valence-corrected chi connectivity index (χ2v) is 13.3. The largest absolute Gasteiger partial charge is 0.494 e. The van der Waals surface area contributed by atoms with Gasteiger partial charge < -0.3 is 14.2 Å². The van der Waals surface area contributed by atoms with E-state index in [0.29, 0.717) is 50.9 Å². The fourth-order valence-corrected chi connectivity index (χ4v) is 7.98. The number of nitrogens with zero attached hydrogens (tertiary/aromatic N) is 2. The highest BCUT2D eigenvalue weighted by atomic mass is 79.9. The first kappa shape index (κ1) is 32.0. The predicted molar refractivity (Wildman–Crippen MR) is 188 cm³/mol. The van der Waals surface area contributed by atoms with Gasteiger partial charge in [0.15, 0.2) is 4.80 Å². The highest BCUT2D eigenvalue weighted by molar-refractivity contribution is 9.11. The molecule has 0 aliphatic carbocycles. The molecule has 1 aliphatic heterocycles. The molecule has 1 atom stereocenters. The first-order valence-electron chi connectivity index (χ1n) is 14.8. The van der Waals surface area contributed by atoms with Crippen LogP contribution in [-0.4, -0.2) is 23.8 Å². The van der Waals surface area contributed by atoms with Crippen molar-refractivity contribution in [2.24, 2.45) is 4.99 Å². The zero-order valence-corrected chi connectivity index (χ0v) is 29.4. The van der Waals surface area contributed by atoms with E-state index in [4.69, 9.17) is 19.2 Å². The molecule has 1 aliphatic rings. The van der Waals surface area contributed by atoms with Gasteiger partial charge in [-0.25, -0.2) is 9.79 Å². The zero-order valence-electron chi connectivity index (χ0n) is 25.4. The number of hydrogen-bond acceptors (Lipinski definition) is 7. The molecule has 1 aromatic heterocycles. The molecule has 0 N–H and O–H groups in total. The minimum atomic E-state index is -0.718. The third-order valence-electron chi connectivity index (χ3n) is 7.60. The molecule has 5 aromatic rings. The van der Waals surface area contributed by atoms with Crippen LogP contribution < -0.4 is 24.4 Å². The fraction of sp³-hybridized carbons (Fsp3) is 0.194. The van der Waals surface area contributed by atoms with Gasteiger partial charge in [0.25, 0.3) is 5.56 Å². The third-order valence-corrected chi connectivity index (χ3v) is 9.63. The molecular weight excluding hydrogens is 732 g/mol. The maximum atomic E-state index is 14.2. The summed E-state index contributed by atoms with van der Waals surface area (Å²) in [6.45, 7) is 6.52. The lowest BCUT2D eigenvalue weighted by molar-refractivity contribution is -0.139. The lowest BCUT2D eigenvalue weighted by atomic mass is 9.96. The molecule has 234 valence electrons. The number of esters is 1. The Bertz CT molecular complexity index is 2160. The van der Waals surface area contributed by atoms with Crippen LogP contribution in [0.5, 0.6) is 11.5 Å². The van der Waals surface area contributed by atoms with Crippen LogP contribution in [0.1, 0.15) is 43.5 Å². The van der Waals surface area contributed by atoms with Crippen LogP contribution in [-0.2, 0) is 16.1 Å². The minimum Gasteiger partial charge on any atom is -0.494 e. The Morgan fingerprint density at radius 3 is 2.50 bits per heavy atom. The van der Waals surface area contributed by atoms with Crippen LogP contribution >= 0.6 is 43.2 Å². The van der Waals surface area contributed by atoms with E-state index in [1.807, 2.05) is 67.6 Å². The number of allylic oxidation sites excluding steroid dienone is 1. The lowest BCUT2D eigenvalue weighted by Gasteiger charge is -2.24. The summed E-state index contributed by atoms with van der Waals surface area (Å²) in [6.07, 6.45) is 1.82. The van der Waals surface area contributed by atoms with Crippen LogP contribution in [0.4, 0.5) is 0 Å². The Balaban J connectivity index is 1.45. The molecule has 4 aromatic carbocycles. The van der Waals surface area contributed by atoms with Crippen molar-refractivity contribution in [1.29, 1.82) is 0 Å². The van der Waals surface area contributed by atoms with Gasteiger partial charge >= 0.3 is 5.97 Å². The second-order valence-electron chi connectivity index (χ2n) is 10.5. The molecular formula is C36H30Br2N2O5S. The molecule has 2 heterocycles. The Hall–Kier alpha value is -3.99. The molecule has 0 amide bonds. The molecule has 0 fully saturated rings. The molecule has 0 unspecified atom stereocenters. The molecule has 0 saturated heterocycles. The number of ether oxygens (including phenoxy) is 3. The highest BCUT2D eigenvalue weighted by Gasteiger charge is 2.33. The molecule has 10 heteroatoms. The molecule has 46 heavy (non-hydrogen) atoms. The lowest BCUT2D eigenvalue weighted by Crippen LogP contribution is -2.39. The van der Waals surface area contributed by atoms with Gasteiger partial charge in [-0.3, -0.25) is 9.36 Å². The van der Waals surface area contributed by atoms with E-state index in [1.54, 1.807) is 18.4 Å². The van der Waals surface area contributed by atoms with E-state index >= 15 is 0 Å². The first-order valence-corrected chi connectivity index (χ1v) is 17.2. The number of hydrogen-bond donors (Lipinski definition) is 0. The summed E-state index contributed by atoms with van der Waals surface area (Å²) in [4.78, 5) is 32.7. The van der Waals surface area contributed by atoms with Crippen molar-refractivity contribution in [2.75, 3.05) is 13.2 Å². The van der Waals surface area contributed by atoms with E-state index in [-0.39, 0.29) is 12.2 Å². The van der Waals surface area contributed by atoms with Crippen molar-refractivity contribution in [3.05, 3.63) is 135 Å². The van der Waals surface area contributed by atoms with Crippen LogP contribution in [0.2, 0.25) is 0 Å². The minimum absolute atomic E-state index is 0.204. The summed E-state index contributed by atoms with van der Waals surface area (Å²) < 4.78 is 21.1. The number of thiazole rings is 1. The van der Waals surface area contributed by atoms with Crippen LogP contribution in [0.3, 0.4) is 0 Å². The van der Waals surface area contributed by atoms with E-state index < -0.39 is 12.0 Å². The number of rotatable bonds is 9. The van der Waals surface area contributed by atoms with Crippen molar-refractivity contribution >= 4 is 66.0 Å². The normalized spacial score (nSPS) is 14.6. The van der Waals surface area contributed by atoms with E-state index in [0.717, 1.165) is 30.8 Å². The summed E-state index contributed by atoms with van der Waals surface area (Å²) in [5.74, 6) is 0.804. The highest BCUT2D eigenvalue weighted by Crippen LogP contribution is 2.35. The van der Waals surface area contributed by atoms with E-state index in [1.165, 1.54) is 11.3 Å². The van der Waals surface area contributed by atoms with Crippen molar-refractivity contribution in [3.8, 4) is 11.5 Å². The van der Waals surface area contributed by atoms with Gasteiger partial charge in [0, 0.05) is 10.0 Å². The van der Waals surface area contributed by atoms with Crippen LogP contribution in [0.25, 0.3) is 16.8 Å². The van der Waals surface area contributed by atoms with Crippen LogP contribution in [0, 0.1) is 0 Å². The number of benzene rings is 4. The van der Waals surface area contributed by atoms with Crippen molar-refractivity contribution in [3.63, 3.8) is 0 Å². The Kier molecular flexibility index (Phi) is 9.58. The fourth-order valence-electron chi connectivity index (χ4n) is 5.57. The van der Waals surface area contributed by atoms with Crippen molar-refractivity contribution in [1.82, 2.24) is 4.57 Å². The Morgan fingerprint density at radius 2 is 1.74 bits per heavy atom. The molecule has 0 saturated carbocycles. The van der Waals surface area contributed by atoms with Gasteiger partial charge in [0.1, 0.15) is 18.1 Å². The van der Waals surface area contributed by atoms with Crippen molar-refractivity contribution in [2.45, 2.75) is 33.4 Å². The molecule has 6 rings (SSSR count). The van der Waals surface area contributed by atoms with Gasteiger partial charge in [-0.15, -0.1) is 0 Å². The van der Waals surface area contributed by atoms with Gasteiger partial charge in [0.2, 0.25) is 0 Å². The summed E-state index contributed by atoms with van der Waals surface area (Å²) >= 11 is 8.53. The first-order chi connectivity index (χ1) is 22.3. The third kappa shape index (κ3) is 6.34. The Labute approximate surface area is 286 Å². The molecule has 0 spiro atoms. The van der Waals surface area contributed by atoms with E-state index in [9.17, 15) is 9.59 Å². The molecule has 0 radical (unpaired) electrons. The second kappa shape index (κ2) is 13.8. The monoisotopic (exact) mass is 760 g/mol. The molecule has 0 bridgehead atoms. The standard InChI is InChI=1S/C36H30Br2N2O5S/c1-4-43-27-15-13-23(14-16-27)32-31(35(42)44-5-2)21(3)39-36-40(32)34(41)30(46-36)18-25-17-26(37)19-29(38)33(25)45-20-24-11-8-10-22-9-6-7-12-28(22)24/h6-19,32H,4-5,20H2,1-3H3/b30-18-/t32-/m0/s1. The number of fused-ring (bicyclic) bond motifs is 2. The predicted octanol–water partition coefficient (Wildman–Crippen LogP) is 7.45. The quantitative estimate of drug-likeness (QED) is 0.146. The summed E-state index contributed by atoms with van der Waals surface area (Å²) in [5, 5.41) is 2.26. The van der Waals surface area contributed by atoms with Gasteiger partial charge in [-0.2, -0.15) is 0 Å². The Morgan fingerprint density at radius 1 is 0.978 bits per heavy atom. The van der Waals surface area contributed by atoms with Gasteiger partial charge in [-0.1, -0.05) is 81.9 Å². The topological polar surface area (TPSA) is 79.1 Å². The zero-order chi connectivity index (χ0) is 32.4. The SMILES string of the molecule is CCOC(=O)C1=C(C)N=c2s/c(=C\c3cc(Br)cc(Br)c3OCc3cccc4ccccc34)c(=O)n2[C@H]1c1ccc(OCC)cc1. The maximum absolute atomic E-state index is 14.2. The number of carbonyl (C=O) groups excluding carboxylic acids is 1. The number of halogens is 2. The van der Waals surface area contributed by atoms with Gasteiger partial charge in [-0.05, 0) is 88.9 Å². The van der Waals surface area contributed by atoms with Crippen molar-refractivity contribution < 1.29 is 19.0 Å². The average Bonchev–Trinajstić information content (AvgIpc) is 3.34. The summed E-state index contributed by atoms with van der Waals surface area (Å²) in [7, 11) is 0. The number of aromatic nitrogens is 1.